The van der Waals surface area contributed by atoms with Gasteiger partial charge >= 0.3 is 0 Å². The fourth-order valence-corrected chi connectivity index (χ4v) is 2.42. The van der Waals surface area contributed by atoms with Gasteiger partial charge in [0.2, 0.25) is 5.91 Å². The second-order valence-corrected chi connectivity index (χ2v) is 6.27. The summed E-state index contributed by atoms with van der Waals surface area (Å²) in [6, 6.07) is 10.2. The summed E-state index contributed by atoms with van der Waals surface area (Å²) in [6.07, 6.45) is 3.74. The first-order valence-corrected chi connectivity index (χ1v) is 8.86. The van der Waals surface area contributed by atoms with Crippen LogP contribution in [-0.2, 0) is 17.9 Å². The molecule has 0 fully saturated rings. The molecule has 1 amide bonds. The Labute approximate surface area is 178 Å². The summed E-state index contributed by atoms with van der Waals surface area (Å²) < 4.78 is 1.91. The number of halogens is 1. The van der Waals surface area contributed by atoms with Crippen molar-refractivity contribution in [1.29, 1.82) is 0 Å². The van der Waals surface area contributed by atoms with E-state index in [0.29, 0.717) is 25.6 Å². The first-order chi connectivity index (χ1) is 12.6. The predicted octanol–water partition coefficient (Wildman–Crippen LogP) is 1.99. The maximum Gasteiger partial charge on any atom is 0.222 e. The Bertz CT molecular complexity index is 715. The van der Waals surface area contributed by atoms with Crippen LogP contribution in [0.25, 0.3) is 0 Å². The summed E-state index contributed by atoms with van der Waals surface area (Å²) in [5.41, 5.74) is 2.41. The Morgan fingerprint density at radius 2 is 1.81 bits per heavy atom. The molecule has 0 saturated heterocycles. The van der Waals surface area contributed by atoms with Crippen molar-refractivity contribution in [3.8, 4) is 0 Å². The summed E-state index contributed by atoms with van der Waals surface area (Å²) in [5, 5.41) is 13.7. The quantitative estimate of drug-likeness (QED) is 0.232. The van der Waals surface area contributed by atoms with Gasteiger partial charge in [-0.3, -0.25) is 14.5 Å². The number of carbonyl (C=O) groups is 1. The zero-order valence-electron chi connectivity index (χ0n) is 16.1. The van der Waals surface area contributed by atoms with E-state index in [-0.39, 0.29) is 35.8 Å². The third kappa shape index (κ3) is 7.98. The Morgan fingerprint density at radius 1 is 1.11 bits per heavy atom. The maximum absolute atomic E-state index is 11.5. The SMILES string of the molecule is CN=C(NCCNC(=O)C(C)C)NCc1ccccc1Cn1cccn1.I. The molecular formula is C19H29IN6O. The minimum atomic E-state index is -0.00118. The lowest BCUT2D eigenvalue weighted by atomic mass is 10.1. The van der Waals surface area contributed by atoms with Crippen LogP contribution in [0.5, 0.6) is 0 Å². The summed E-state index contributed by atoms with van der Waals surface area (Å²) in [5.74, 6) is 0.763. The van der Waals surface area contributed by atoms with E-state index in [4.69, 9.17) is 0 Å². The van der Waals surface area contributed by atoms with Crippen molar-refractivity contribution < 1.29 is 4.79 Å². The van der Waals surface area contributed by atoms with Gasteiger partial charge in [-0.15, -0.1) is 24.0 Å². The van der Waals surface area contributed by atoms with E-state index in [2.05, 4.69) is 38.2 Å². The largest absolute Gasteiger partial charge is 0.355 e. The van der Waals surface area contributed by atoms with Crippen LogP contribution in [0.4, 0.5) is 0 Å². The van der Waals surface area contributed by atoms with Gasteiger partial charge in [0, 0.05) is 45.0 Å². The highest BCUT2D eigenvalue weighted by molar-refractivity contribution is 14.0. The van der Waals surface area contributed by atoms with Crippen LogP contribution in [0.2, 0.25) is 0 Å². The smallest absolute Gasteiger partial charge is 0.222 e. The van der Waals surface area contributed by atoms with Crippen molar-refractivity contribution in [1.82, 2.24) is 25.7 Å². The topological polar surface area (TPSA) is 83.3 Å². The van der Waals surface area contributed by atoms with Crippen molar-refractivity contribution in [2.75, 3.05) is 20.1 Å². The Hall–Kier alpha value is -2.10. The molecule has 0 aliphatic heterocycles. The lowest BCUT2D eigenvalue weighted by Gasteiger charge is -2.15. The molecule has 0 atom stereocenters. The third-order valence-electron chi connectivity index (χ3n) is 3.92. The van der Waals surface area contributed by atoms with Crippen molar-refractivity contribution >= 4 is 35.8 Å². The van der Waals surface area contributed by atoms with Crippen molar-refractivity contribution in [2.45, 2.75) is 26.9 Å². The fraction of sp³-hybridized carbons (Fsp3) is 0.421. The normalized spacial score (nSPS) is 11.0. The number of amides is 1. The van der Waals surface area contributed by atoms with Crippen LogP contribution >= 0.6 is 24.0 Å². The van der Waals surface area contributed by atoms with Crippen LogP contribution in [0.15, 0.2) is 47.7 Å². The lowest BCUT2D eigenvalue weighted by molar-refractivity contribution is -0.123. The average molecular weight is 484 g/mol. The first-order valence-electron chi connectivity index (χ1n) is 8.86. The van der Waals surface area contributed by atoms with Gasteiger partial charge in [-0.05, 0) is 17.2 Å². The van der Waals surface area contributed by atoms with Gasteiger partial charge < -0.3 is 16.0 Å². The van der Waals surface area contributed by atoms with Crippen molar-refractivity contribution in [3.05, 3.63) is 53.9 Å². The molecule has 0 spiro atoms. The number of carbonyl (C=O) groups excluding carboxylic acids is 1. The molecule has 27 heavy (non-hydrogen) atoms. The van der Waals surface area contributed by atoms with E-state index in [1.165, 1.54) is 11.1 Å². The number of guanidine groups is 1. The Morgan fingerprint density at radius 3 is 2.44 bits per heavy atom. The van der Waals surface area contributed by atoms with Crippen LogP contribution in [0.3, 0.4) is 0 Å². The van der Waals surface area contributed by atoms with Gasteiger partial charge in [0.1, 0.15) is 0 Å². The monoisotopic (exact) mass is 484 g/mol. The lowest BCUT2D eigenvalue weighted by Crippen LogP contribution is -2.41. The molecule has 0 unspecified atom stereocenters. The molecule has 8 heteroatoms. The molecule has 2 rings (SSSR count). The molecule has 2 aromatic rings. The molecule has 0 aliphatic rings. The minimum absolute atomic E-state index is 0. The number of rotatable bonds is 8. The van der Waals surface area contributed by atoms with Gasteiger partial charge in [0.15, 0.2) is 5.96 Å². The number of hydrogen-bond acceptors (Lipinski definition) is 3. The van der Waals surface area contributed by atoms with Crippen LogP contribution < -0.4 is 16.0 Å². The van der Waals surface area contributed by atoms with E-state index in [1.54, 1.807) is 13.2 Å². The Balaban J connectivity index is 0.00000364. The zero-order chi connectivity index (χ0) is 18.8. The zero-order valence-corrected chi connectivity index (χ0v) is 18.4. The molecule has 1 aromatic heterocycles. The molecule has 0 saturated carbocycles. The fourth-order valence-electron chi connectivity index (χ4n) is 2.42. The van der Waals surface area contributed by atoms with Crippen LogP contribution in [-0.4, -0.2) is 41.8 Å². The number of nitrogens with one attached hydrogen (secondary N) is 3. The number of nitrogens with zero attached hydrogens (tertiary/aromatic N) is 3. The summed E-state index contributed by atoms with van der Waals surface area (Å²) in [7, 11) is 1.73. The molecule has 7 nitrogen and oxygen atoms in total. The molecular weight excluding hydrogens is 455 g/mol. The molecule has 3 N–H and O–H groups in total. The third-order valence-corrected chi connectivity index (χ3v) is 3.92. The number of benzene rings is 1. The van der Waals surface area contributed by atoms with Gasteiger partial charge in [-0.1, -0.05) is 38.1 Å². The van der Waals surface area contributed by atoms with E-state index < -0.39 is 0 Å². The second-order valence-electron chi connectivity index (χ2n) is 6.27. The van der Waals surface area contributed by atoms with Crippen LogP contribution in [0.1, 0.15) is 25.0 Å². The number of aromatic nitrogens is 2. The van der Waals surface area contributed by atoms with Crippen LogP contribution in [0, 0.1) is 5.92 Å². The molecule has 0 bridgehead atoms. The van der Waals surface area contributed by atoms with Gasteiger partial charge in [-0.25, -0.2) is 0 Å². The average Bonchev–Trinajstić information content (AvgIpc) is 3.15. The second kappa shape index (κ2) is 12.3. The molecule has 0 radical (unpaired) electrons. The molecule has 148 valence electrons. The number of aliphatic imine (C=N–C) groups is 1. The maximum atomic E-state index is 11.5. The summed E-state index contributed by atoms with van der Waals surface area (Å²) in [6.45, 7) is 6.34. The van der Waals surface area contributed by atoms with Gasteiger partial charge in [-0.2, -0.15) is 5.10 Å². The molecule has 1 heterocycles. The highest BCUT2D eigenvalue weighted by Gasteiger charge is 2.06. The summed E-state index contributed by atoms with van der Waals surface area (Å²) >= 11 is 0. The highest BCUT2D eigenvalue weighted by Crippen LogP contribution is 2.10. The molecule has 0 aliphatic carbocycles. The highest BCUT2D eigenvalue weighted by atomic mass is 127. The first kappa shape index (κ1) is 22.9. The van der Waals surface area contributed by atoms with Gasteiger partial charge in [0.25, 0.3) is 0 Å². The van der Waals surface area contributed by atoms with E-state index >= 15 is 0 Å². The van der Waals surface area contributed by atoms with Gasteiger partial charge in [0.05, 0.1) is 6.54 Å². The van der Waals surface area contributed by atoms with E-state index in [0.717, 1.165) is 6.54 Å². The van der Waals surface area contributed by atoms with Crippen molar-refractivity contribution in [3.63, 3.8) is 0 Å². The standard InChI is InChI=1S/C19H28N6O.HI/c1-15(2)18(26)21-10-11-22-19(20-3)23-13-16-7-4-5-8-17(16)14-25-12-6-9-24-25;/h4-9,12,15H,10-11,13-14H2,1-3H3,(H,21,26)(H2,20,22,23);1H. The van der Waals surface area contributed by atoms with E-state index in [1.807, 2.05) is 42.9 Å². The predicted molar refractivity (Wildman–Crippen MR) is 119 cm³/mol. The summed E-state index contributed by atoms with van der Waals surface area (Å²) in [4.78, 5) is 15.8. The van der Waals surface area contributed by atoms with E-state index in [9.17, 15) is 4.79 Å². The van der Waals surface area contributed by atoms with Crippen molar-refractivity contribution in [2.24, 2.45) is 10.9 Å². The molecule has 1 aromatic carbocycles. The Kier molecular flexibility index (Phi) is 10.5. The minimum Gasteiger partial charge on any atom is -0.355 e. The number of hydrogen-bond donors (Lipinski definition) is 3.